The number of allylic oxidation sites excluding steroid dienone is 1. The molecule has 1 nitrogen and oxygen atoms in total. The van der Waals surface area contributed by atoms with Crippen LogP contribution in [-0.4, -0.2) is 12.1 Å². The minimum atomic E-state index is 0.258. The second kappa shape index (κ2) is 5.36. The largest absolute Gasteiger partial charge is 0.312 e. The molecule has 1 atom stereocenters. The predicted molar refractivity (Wildman–Crippen MR) is 56.4 cm³/mol. The van der Waals surface area contributed by atoms with E-state index in [0.29, 0.717) is 0 Å². The molecule has 0 aromatic rings. The van der Waals surface area contributed by atoms with Crippen LogP contribution in [-0.2, 0) is 0 Å². The Balaban J connectivity index is 3.36. The standard InChI is InChI=1S/C11H23N/c1-6-7-10(2)8-9-12-11(3,4)5/h6,10,12H,1,7-9H2,2-5H3. The highest BCUT2D eigenvalue weighted by Crippen LogP contribution is 2.07. The Labute approximate surface area is 77.2 Å². The van der Waals surface area contributed by atoms with Crippen molar-refractivity contribution in [2.75, 3.05) is 6.54 Å². The van der Waals surface area contributed by atoms with Gasteiger partial charge in [-0.25, -0.2) is 0 Å². The van der Waals surface area contributed by atoms with E-state index in [1.807, 2.05) is 6.08 Å². The van der Waals surface area contributed by atoms with Crippen molar-refractivity contribution in [3.63, 3.8) is 0 Å². The maximum atomic E-state index is 3.74. The van der Waals surface area contributed by atoms with Crippen LogP contribution in [0, 0.1) is 5.92 Å². The van der Waals surface area contributed by atoms with E-state index < -0.39 is 0 Å². The fraction of sp³-hybridized carbons (Fsp3) is 0.818. The summed E-state index contributed by atoms with van der Waals surface area (Å²) in [5, 5.41) is 3.48. The van der Waals surface area contributed by atoms with Gasteiger partial charge < -0.3 is 5.32 Å². The van der Waals surface area contributed by atoms with Gasteiger partial charge >= 0.3 is 0 Å². The molecular weight excluding hydrogens is 146 g/mol. The van der Waals surface area contributed by atoms with Gasteiger partial charge in [0.25, 0.3) is 0 Å². The first kappa shape index (κ1) is 11.7. The van der Waals surface area contributed by atoms with Crippen LogP contribution in [0.15, 0.2) is 12.7 Å². The van der Waals surface area contributed by atoms with Gasteiger partial charge in [0.05, 0.1) is 0 Å². The molecule has 0 amide bonds. The van der Waals surface area contributed by atoms with Crippen LogP contribution in [0.1, 0.15) is 40.5 Å². The van der Waals surface area contributed by atoms with Gasteiger partial charge in [-0.15, -0.1) is 6.58 Å². The topological polar surface area (TPSA) is 12.0 Å². The molecule has 0 aliphatic heterocycles. The molecule has 0 saturated heterocycles. The maximum absolute atomic E-state index is 3.74. The lowest BCUT2D eigenvalue weighted by Crippen LogP contribution is -2.36. The maximum Gasteiger partial charge on any atom is 0.00965 e. The summed E-state index contributed by atoms with van der Waals surface area (Å²) in [6.07, 6.45) is 4.37. The number of hydrogen-bond donors (Lipinski definition) is 1. The summed E-state index contributed by atoms with van der Waals surface area (Å²) in [5.41, 5.74) is 0.258. The summed E-state index contributed by atoms with van der Waals surface area (Å²) in [4.78, 5) is 0. The van der Waals surface area contributed by atoms with Gasteiger partial charge in [0.2, 0.25) is 0 Å². The molecule has 0 aromatic heterocycles. The van der Waals surface area contributed by atoms with E-state index in [4.69, 9.17) is 0 Å². The second-order valence-corrected chi connectivity index (χ2v) is 4.60. The van der Waals surface area contributed by atoms with E-state index in [-0.39, 0.29) is 5.54 Å². The van der Waals surface area contributed by atoms with Crippen LogP contribution in [0.25, 0.3) is 0 Å². The molecule has 0 radical (unpaired) electrons. The normalized spacial score (nSPS) is 14.3. The van der Waals surface area contributed by atoms with Crippen molar-refractivity contribution in [2.24, 2.45) is 5.92 Å². The molecule has 0 saturated carbocycles. The molecule has 1 N–H and O–H groups in total. The van der Waals surface area contributed by atoms with Gasteiger partial charge in [-0.2, -0.15) is 0 Å². The number of rotatable bonds is 5. The van der Waals surface area contributed by atoms with Crippen LogP contribution in [0.4, 0.5) is 0 Å². The van der Waals surface area contributed by atoms with Crippen molar-refractivity contribution >= 4 is 0 Å². The first-order chi connectivity index (χ1) is 5.45. The van der Waals surface area contributed by atoms with E-state index in [1.165, 1.54) is 6.42 Å². The highest BCUT2D eigenvalue weighted by atomic mass is 14.9. The minimum Gasteiger partial charge on any atom is -0.312 e. The van der Waals surface area contributed by atoms with Crippen LogP contribution < -0.4 is 5.32 Å². The zero-order valence-electron chi connectivity index (χ0n) is 8.98. The van der Waals surface area contributed by atoms with Crippen LogP contribution in [0.5, 0.6) is 0 Å². The first-order valence-corrected chi connectivity index (χ1v) is 4.81. The monoisotopic (exact) mass is 169 g/mol. The Morgan fingerprint density at radius 3 is 2.42 bits per heavy atom. The van der Waals surface area contributed by atoms with Crippen molar-refractivity contribution in [1.29, 1.82) is 0 Å². The Hall–Kier alpha value is -0.300. The number of nitrogens with one attached hydrogen (secondary N) is 1. The Morgan fingerprint density at radius 1 is 1.42 bits per heavy atom. The first-order valence-electron chi connectivity index (χ1n) is 4.81. The van der Waals surface area contributed by atoms with E-state index in [9.17, 15) is 0 Å². The summed E-state index contributed by atoms with van der Waals surface area (Å²) >= 11 is 0. The SMILES string of the molecule is C=CCC(C)CCNC(C)(C)C. The lowest BCUT2D eigenvalue weighted by molar-refractivity contribution is 0.395. The summed E-state index contributed by atoms with van der Waals surface area (Å²) in [6, 6.07) is 0. The van der Waals surface area contributed by atoms with Crippen molar-refractivity contribution in [1.82, 2.24) is 5.32 Å². The number of hydrogen-bond acceptors (Lipinski definition) is 1. The molecule has 0 spiro atoms. The van der Waals surface area contributed by atoms with Crippen molar-refractivity contribution in [3.8, 4) is 0 Å². The molecular formula is C11H23N. The third-order valence-electron chi connectivity index (χ3n) is 1.86. The molecule has 0 fully saturated rings. The van der Waals surface area contributed by atoms with Gasteiger partial charge in [0.1, 0.15) is 0 Å². The van der Waals surface area contributed by atoms with Crippen molar-refractivity contribution in [3.05, 3.63) is 12.7 Å². The Morgan fingerprint density at radius 2 is 2.00 bits per heavy atom. The molecule has 0 bridgehead atoms. The molecule has 1 heteroatoms. The molecule has 72 valence electrons. The molecule has 12 heavy (non-hydrogen) atoms. The molecule has 0 aliphatic carbocycles. The Kier molecular flexibility index (Phi) is 5.23. The summed E-state index contributed by atoms with van der Waals surface area (Å²) in [5.74, 6) is 0.761. The summed E-state index contributed by atoms with van der Waals surface area (Å²) in [7, 11) is 0. The molecule has 1 unspecified atom stereocenters. The molecule has 0 heterocycles. The molecule has 0 rings (SSSR count). The van der Waals surface area contributed by atoms with E-state index >= 15 is 0 Å². The lowest BCUT2D eigenvalue weighted by atomic mass is 10.0. The van der Waals surface area contributed by atoms with Crippen molar-refractivity contribution < 1.29 is 0 Å². The molecule has 0 aromatic carbocycles. The van der Waals surface area contributed by atoms with E-state index in [1.54, 1.807) is 0 Å². The van der Waals surface area contributed by atoms with Gasteiger partial charge in [-0.1, -0.05) is 13.0 Å². The summed E-state index contributed by atoms with van der Waals surface area (Å²) < 4.78 is 0. The Bertz CT molecular complexity index is 121. The van der Waals surface area contributed by atoms with Crippen molar-refractivity contribution in [2.45, 2.75) is 46.1 Å². The second-order valence-electron chi connectivity index (χ2n) is 4.60. The summed E-state index contributed by atoms with van der Waals surface area (Å²) in [6.45, 7) is 13.7. The fourth-order valence-electron chi connectivity index (χ4n) is 1.10. The third kappa shape index (κ3) is 7.80. The fourth-order valence-corrected chi connectivity index (χ4v) is 1.10. The smallest absolute Gasteiger partial charge is 0.00965 e. The average molecular weight is 169 g/mol. The van der Waals surface area contributed by atoms with Gasteiger partial charge in [0.15, 0.2) is 0 Å². The lowest BCUT2D eigenvalue weighted by Gasteiger charge is -2.21. The van der Waals surface area contributed by atoms with E-state index in [0.717, 1.165) is 18.9 Å². The molecule has 0 aliphatic rings. The van der Waals surface area contributed by atoms with Crippen LogP contribution in [0.3, 0.4) is 0 Å². The zero-order chi connectivity index (χ0) is 9.61. The van der Waals surface area contributed by atoms with E-state index in [2.05, 4.69) is 39.6 Å². The predicted octanol–water partition coefficient (Wildman–Crippen LogP) is 2.98. The zero-order valence-corrected chi connectivity index (χ0v) is 8.98. The minimum absolute atomic E-state index is 0.258. The van der Waals surface area contributed by atoms with Gasteiger partial charge in [-0.3, -0.25) is 0 Å². The van der Waals surface area contributed by atoms with Gasteiger partial charge in [0, 0.05) is 5.54 Å². The van der Waals surface area contributed by atoms with Crippen LogP contribution in [0.2, 0.25) is 0 Å². The highest BCUT2D eigenvalue weighted by Gasteiger charge is 2.08. The average Bonchev–Trinajstić information content (AvgIpc) is 1.84. The highest BCUT2D eigenvalue weighted by molar-refractivity contribution is 4.74. The van der Waals surface area contributed by atoms with Crippen LogP contribution >= 0.6 is 0 Å². The third-order valence-corrected chi connectivity index (χ3v) is 1.86. The van der Waals surface area contributed by atoms with Gasteiger partial charge in [-0.05, 0) is 46.1 Å². The quantitative estimate of drug-likeness (QED) is 0.624.